The number of carbonyl (C=O) groups excluding carboxylic acids is 1. The SMILES string of the molecule is O=C(Nc1ccc(-c2n[nH]c(C3CNC3)n2)cc1)c1cccc(CN2CCS(=O)(=O)CC2)c1. The van der Waals surface area contributed by atoms with Crippen LogP contribution in [-0.2, 0) is 16.4 Å². The van der Waals surface area contributed by atoms with Gasteiger partial charge in [0.05, 0.1) is 11.5 Å². The number of H-pyrrole nitrogens is 1. The second-order valence-electron chi connectivity index (χ2n) is 8.56. The van der Waals surface area contributed by atoms with Crippen molar-refractivity contribution in [1.29, 1.82) is 0 Å². The van der Waals surface area contributed by atoms with Crippen LogP contribution in [0.5, 0.6) is 0 Å². The topological polar surface area (TPSA) is 120 Å². The average molecular weight is 467 g/mol. The molecule has 2 fully saturated rings. The second-order valence-corrected chi connectivity index (χ2v) is 10.9. The number of carbonyl (C=O) groups is 1. The normalized spacial score (nSPS) is 18.5. The van der Waals surface area contributed by atoms with Gasteiger partial charge in [-0.25, -0.2) is 13.4 Å². The molecule has 2 aromatic carbocycles. The van der Waals surface area contributed by atoms with Gasteiger partial charge in [-0.3, -0.25) is 14.8 Å². The van der Waals surface area contributed by atoms with E-state index in [4.69, 9.17) is 0 Å². The van der Waals surface area contributed by atoms with Crippen LogP contribution in [0.2, 0.25) is 0 Å². The van der Waals surface area contributed by atoms with E-state index in [9.17, 15) is 13.2 Å². The Hall–Kier alpha value is -3.08. The van der Waals surface area contributed by atoms with Crippen LogP contribution >= 0.6 is 0 Å². The van der Waals surface area contributed by atoms with Crippen molar-refractivity contribution in [3.63, 3.8) is 0 Å². The van der Waals surface area contributed by atoms with Crippen molar-refractivity contribution in [3.8, 4) is 11.4 Å². The number of rotatable bonds is 6. The molecule has 9 nitrogen and oxygen atoms in total. The Morgan fingerprint density at radius 2 is 1.85 bits per heavy atom. The first-order valence-electron chi connectivity index (χ1n) is 11.0. The minimum Gasteiger partial charge on any atom is -0.322 e. The Morgan fingerprint density at radius 3 is 2.55 bits per heavy atom. The van der Waals surface area contributed by atoms with Gasteiger partial charge in [-0.05, 0) is 42.0 Å². The van der Waals surface area contributed by atoms with Gasteiger partial charge >= 0.3 is 0 Å². The summed E-state index contributed by atoms with van der Waals surface area (Å²) in [6, 6.07) is 14.9. The lowest BCUT2D eigenvalue weighted by Gasteiger charge is -2.26. The van der Waals surface area contributed by atoms with Gasteiger partial charge in [0.15, 0.2) is 15.7 Å². The number of amides is 1. The molecule has 0 bridgehead atoms. The molecule has 3 aromatic rings. The summed E-state index contributed by atoms with van der Waals surface area (Å²) in [4.78, 5) is 19.5. The summed E-state index contributed by atoms with van der Waals surface area (Å²) in [7, 11) is -2.90. The zero-order valence-corrected chi connectivity index (χ0v) is 18.9. The predicted molar refractivity (Wildman–Crippen MR) is 126 cm³/mol. The van der Waals surface area contributed by atoms with Crippen LogP contribution in [-0.4, -0.2) is 72.1 Å². The number of nitrogens with one attached hydrogen (secondary N) is 3. The standard InChI is InChI=1S/C23H26N6O3S/c30-23(18-3-1-2-16(12-18)15-29-8-10-33(31,32)11-9-29)25-20-6-4-17(5-7-20)21-26-22(28-27-21)19-13-24-14-19/h1-7,12,19,24H,8-11,13-15H2,(H,25,30)(H,26,27,28). The number of hydrogen-bond acceptors (Lipinski definition) is 7. The van der Waals surface area contributed by atoms with Gasteiger partial charge in [-0.2, -0.15) is 5.10 Å². The van der Waals surface area contributed by atoms with Crippen LogP contribution in [0.15, 0.2) is 48.5 Å². The summed E-state index contributed by atoms with van der Waals surface area (Å²) in [5.41, 5.74) is 3.12. The van der Waals surface area contributed by atoms with Crippen molar-refractivity contribution in [2.24, 2.45) is 0 Å². The van der Waals surface area contributed by atoms with Gasteiger partial charge in [-0.15, -0.1) is 0 Å². The molecule has 2 aliphatic heterocycles. The molecule has 0 aliphatic carbocycles. The van der Waals surface area contributed by atoms with Crippen molar-refractivity contribution in [3.05, 3.63) is 65.5 Å². The van der Waals surface area contributed by atoms with E-state index in [-0.39, 0.29) is 17.4 Å². The number of benzene rings is 2. The third kappa shape index (κ3) is 5.13. The van der Waals surface area contributed by atoms with Gasteiger partial charge in [0, 0.05) is 55.5 Å². The van der Waals surface area contributed by atoms with E-state index < -0.39 is 9.84 Å². The lowest BCUT2D eigenvalue weighted by molar-refractivity contribution is 0.102. The monoisotopic (exact) mass is 466 g/mol. The first kappa shape index (κ1) is 21.7. The smallest absolute Gasteiger partial charge is 0.255 e. The molecule has 1 aromatic heterocycles. The maximum atomic E-state index is 12.8. The highest BCUT2D eigenvalue weighted by molar-refractivity contribution is 7.91. The number of nitrogens with zero attached hydrogens (tertiary/aromatic N) is 3. The molecular formula is C23H26N6O3S. The van der Waals surface area contributed by atoms with Gasteiger partial charge < -0.3 is 10.6 Å². The van der Waals surface area contributed by atoms with E-state index in [1.165, 1.54) is 0 Å². The third-order valence-corrected chi connectivity index (χ3v) is 7.71. The number of hydrogen-bond donors (Lipinski definition) is 3. The fraction of sp³-hybridized carbons (Fsp3) is 0.348. The van der Waals surface area contributed by atoms with Crippen molar-refractivity contribution >= 4 is 21.4 Å². The summed E-state index contributed by atoms with van der Waals surface area (Å²) in [6.45, 7) is 3.51. The fourth-order valence-electron chi connectivity index (χ4n) is 3.95. The minimum atomic E-state index is -2.90. The van der Waals surface area contributed by atoms with Crippen LogP contribution < -0.4 is 10.6 Å². The van der Waals surface area contributed by atoms with Gasteiger partial charge in [0.2, 0.25) is 0 Å². The van der Waals surface area contributed by atoms with Crippen molar-refractivity contribution in [2.75, 3.05) is 43.0 Å². The zero-order chi connectivity index (χ0) is 22.8. The lowest BCUT2D eigenvalue weighted by Crippen LogP contribution is -2.40. The summed E-state index contributed by atoms with van der Waals surface area (Å²) in [5, 5.41) is 13.5. The lowest BCUT2D eigenvalue weighted by atomic mass is 10.0. The maximum Gasteiger partial charge on any atom is 0.255 e. The fourth-order valence-corrected chi connectivity index (χ4v) is 5.23. The Bertz CT molecular complexity index is 1240. The van der Waals surface area contributed by atoms with E-state index in [0.29, 0.717) is 42.6 Å². The Labute approximate surface area is 192 Å². The van der Waals surface area contributed by atoms with Crippen LogP contribution in [0.4, 0.5) is 5.69 Å². The highest BCUT2D eigenvalue weighted by Gasteiger charge is 2.23. The average Bonchev–Trinajstić information content (AvgIpc) is 3.24. The Kier molecular flexibility index (Phi) is 5.96. The van der Waals surface area contributed by atoms with Crippen LogP contribution in [0, 0.1) is 0 Å². The quantitative estimate of drug-likeness (QED) is 0.505. The number of aromatic amines is 1. The zero-order valence-electron chi connectivity index (χ0n) is 18.1. The molecule has 0 spiro atoms. The molecule has 2 aliphatic rings. The van der Waals surface area contributed by atoms with E-state index in [2.05, 4.69) is 30.7 Å². The molecule has 3 heterocycles. The van der Waals surface area contributed by atoms with Gasteiger partial charge in [-0.1, -0.05) is 12.1 Å². The van der Waals surface area contributed by atoms with E-state index in [1.54, 1.807) is 6.07 Å². The largest absolute Gasteiger partial charge is 0.322 e. The number of aromatic nitrogens is 3. The van der Waals surface area contributed by atoms with Crippen LogP contribution in [0.1, 0.15) is 27.7 Å². The van der Waals surface area contributed by atoms with E-state index >= 15 is 0 Å². The summed E-state index contributed by atoms with van der Waals surface area (Å²) < 4.78 is 23.2. The molecule has 172 valence electrons. The number of anilines is 1. The van der Waals surface area contributed by atoms with Crippen LogP contribution in [0.3, 0.4) is 0 Å². The summed E-state index contributed by atoms with van der Waals surface area (Å²) in [5.74, 6) is 2.12. The molecule has 33 heavy (non-hydrogen) atoms. The molecule has 2 saturated heterocycles. The molecule has 0 saturated carbocycles. The molecule has 0 atom stereocenters. The molecule has 0 radical (unpaired) electrons. The third-order valence-electron chi connectivity index (χ3n) is 6.10. The number of sulfone groups is 1. The molecule has 10 heteroatoms. The highest BCUT2D eigenvalue weighted by Crippen LogP contribution is 2.22. The molecule has 3 N–H and O–H groups in total. The first-order chi connectivity index (χ1) is 15.9. The summed E-state index contributed by atoms with van der Waals surface area (Å²) in [6.07, 6.45) is 0. The van der Waals surface area contributed by atoms with Gasteiger partial charge in [0.1, 0.15) is 5.82 Å². The maximum absolute atomic E-state index is 12.8. The molecular weight excluding hydrogens is 440 g/mol. The first-order valence-corrected chi connectivity index (χ1v) is 12.8. The van der Waals surface area contributed by atoms with Gasteiger partial charge in [0.25, 0.3) is 5.91 Å². The van der Waals surface area contributed by atoms with Crippen LogP contribution in [0.25, 0.3) is 11.4 Å². The highest BCUT2D eigenvalue weighted by atomic mass is 32.2. The predicted octanol–water partition coefficient (Wildman–Crippen LogP) is 1.64. The van der Waals surface area contributed by atoms with E-state index in [0.717, 1.165) is 30.0 Å². The second kappa shape index (κ2) is 9.05. The Morgan fingerprint density at radius 1 is 1.09 bits per heavy atom. The molecule has 0 unspecified atom stereocenters. The van der Waals surface area contributed by atoms with Crippen molar-refractivity contribution < 1.29 is 13.2 Å². The summed E-state index contributed by atoms with van der Waals surface area (Å²) >= 11 is 0. The van der Waals surface area contributed by atoms with Crippen molar-refractivity contribution in [1.82, 2.24) is 25.4 Å². The Balaban J connectivity index is 1.20. The molecule has 1 amide bonds. The van der Waals surface area contributed by atoms with E-state index in [1.807, 2.05) is 42.5 Å². The minimum absolute atomic E-state index is 0.191. The van der Waals surface area contributed by atoms with Crippen molar-refractivity contribution in [2.45, 2.75) is 12.5 Å². The molecule has 5 rings (SSSR count).